The molecule has 0 aliphatic heterocycles. The molecule has 0 heterocycles. The van der Waals surface area contributed by atoms with Crippen LogP contribution >= 0.6 is 11.6 Å². The molecule has 0 bridgehead atoms. The summed E-state index contributed by atoms with van der Waals surface area (Å²) in [5.74, 6) is 0. The van der Waals surface area contributed by atoms with Crippen molar-refractivity contribution in [3.05, 3.63) is 34.3 Å². The lowest BCUT2D eigenvalue weighted by Gasteiger charge is -2.43. The minimum atomic E-state index is -1.31. The van der Waals surface area contributed by atoms with Crippen LogP contribution in [-0.2, 0) is 6.42 Å². The van der Waals surface area contributed by atoms with E-state index in [-0.39, 0.29) is 0 Å². The quantitative estimate of drug-likeness (QED) is 0.503. The van der Waals surface area contributed by atoms with Gasteiger partial charge in [-0.15, -0.1) is 0 Å². The van der Waals surface area contributed by atoms with Crippen LogP contribution in [0.3, 0.4) is 0 Å². The second-order valence-electron chi connectivity index (χ2n) is 7.17. The molecule has 0 saturated carbocycles. The van der Waals surface area contributed by atoms with Crippen molar-refractivity contribution in [1.29, 1.82) is 0 Å². The summed E-state index contributed by atoms with van der Waals surface area (Å²) in [7, 11) is -1.31. The molecule has 0 N–H and O–H groups in total. The molecule has 2 heteroatoms. The molecule has 114 valence electrons. The normalized spacial score (nSPS) is 12.8. The van der Waals surface area contributed by atoms with Gasteiger partial charge in [0.15, 0.2) is 0 Å². The SMILES string of the molecule is Cc1ccc(CC[Si](C(C)C)(C(C)C)C(C)C)c(Cl)c1. The summed E-state index contributed by atoms with van der Waals surface area (Å²) in [6.07, 6.45) is 1.14. The number of benzene rings is 1. The lowest BCUT2D eigenvalue weighted by atomic mass is 10.1. The van der Waals surface area contributed by atoms with Crippen molar-refractivity contribution in [2.75, 3.05) is 0 Å². The third-order valence-electron chi connectivity index (χ3n) is 5.26. The molecular formula is C18H31ClSi. The number of aryl methyl sites for hydroxylation is 2. The second-order valence-corrected chi connectivity index (χ2v) is 13.8. The van der Waals surface area contributed by atoms with E-state index in [1.807, 2.05) is 0 Å². The molecular weight excluding hydrogens is 280 g/mol. The van der Waals surface area contributed by atoms with Crippen LogP contribution in [0, 0.1) is 6.92 Å². The highest BCUT2D eigenvalue weighted by Crippen LogP contribution is 2.45. The van der Waals surface area contributed by atoms with E-state index in [1.54, 1.807) is 0 Å². The van der Waals surface area contributed by atoms with E-state index in [9.17, 15) is 0 Å². The number of rotatable bonds is 6. The summed E-state index contributed by atoms with van der Waals surface area (Å²) in [5, 5.41) is 0.948. The Morgan fingerprint density at radius 3 is 1.85 bits per heavy atom. The highest BCUT2D eigenvalue weighted by atomic mass is 35.5. The van der Waals surface area contributed by atoms with Gasteiger partial charge in [0.1, 0.15) is 0 Å². The Labute approximate surface area is 131 Å². The number of hydrogen-bond acceptors (Lipinski definition) is 0. The van der Waals surface area contributed by atoms with Crippen LogP contribution in [0.25, 0.3) is 0 Å². The smallest absolute Gasteiger partial charge is 0.0616 e. The van der Waals surface area contributed by atoms with Crippen LogP contribution in [-0.4, -0.2) is 8.07 Å². The van der Waals surface area contributed by atoms with Gasteiger partial charge in [0.05, 0.1) is 8.07 Å². The second kappa shape index (κ2) is 7.13. The van der Waals surface area contributed by atoms with Crippen LogP contribution < -0.4 is 0 Å². The van der Waals surface area contributed by atoms with E-state index in [2.05, 4.69) is 66.7 Å². The molecule has 0 atom stereocenters. The first-order chi connectivity index (χ1) is 9.21. The van der Waals surface area contributed by atoms with E-state index in [0.717, 1.165) is 28.1 Å². The highest BCUT2D eigenvalue weighted by molar-refractivity contribution is 6.83. The largest absolute Gasteiger partial charge is 0.0840 e. The number of hydrogen-bond donors (Lipinski definition) is 0. The molecule has 1 aromatic rings. The van der Waals surface area contributed by atoms with Gasteiger partial charge in [0.2, 0.25) is 0 Å². The molecule has 0 amide bonds. The maximum absolute atomic E-state index is 6.41. The average Bonchev–Trinajstić information content (AvgIpc) is 2.30. The molecule has 0 radical (unpaired) electrons. The van der Waals surface area contributed by atoms with Crippen LogP contribution in [0.15, 0.2) is 18.2 Å². The Morgan fingerprint density at radius 2 is 1.45 bits per heavy atom. The lowest BCUT2D eigenvalue weighted by Crippen LogP contribution is -2.44. The van der Waals surface area contributed by atoms with Gasteiger partial charge in [-0.3, -0.25) is 0 Å². The fourth-order valence-electron chi connectivity index (χ4n) is 4.07. The predicted molar refractivity (Wildman–Crippen MR) is 95.7 cm³/mol. The summed E-state index contributed by atoms with van der Waals surface area (Å²) >= 11 is 6.41. The molecule has 20 heavy (non-hydrogen) atoms. The Balaban J connectivity index is 2.97. The first kappa shape index (κ1) is 17.8. The van der Waals surface area contributed by atoms with Gasteiger partial charge < -0.3 is 0 Å². The average molecular weight is 311 g/mol. The molecule has 0 fully saturated rings. The van der Waals surface area contributed by atoms with Gasteiger partial charge in [-0.25, -0.2) is 0 Å². The monoisotopic (exact) mass is 310 g/mol. The van der Waals surface area contributed by atoms with Crippen molar-refractivity contribution >= 4 is 19.7 Å². The van der Waals surface area contributed by atoms with Gasteiger partial charge in [-0.2, -0.15) is 0 Å². The number of halogens is 1. The molecule has 0 unspecified atom stereocenters. The van der Waals surface area contributed by atoms with E-state index >= 15 is 0 Å². The van der Waals surface area contributed by atoms with Gasteiger partial charge in [0, 0.05) is 5.02 Å². The van der Waals surface area contributed by atoms with Crippen molar-refractivity contribution in [2.24, 2.45) is 0 Å². The van der Waals surface area contributed by atoms with Crippen LogP contribution in [0.1, 0.15) is 52.7 Å². The fraction of sp³-hybridized carbons (Fsp3) is 0.667. The summed E-state index contributed by atoms with van der Waals surface area (Å²) in [6.45, 7) is 16.7. The molecule has 0 aliphatic carbocycles. The zero-order chi connectivity index (χ0) is 15.5. The van der Waals surface area contributed by atoms with Gasteiger partial charge >= 0.3 is 0 Å². The lowest BCUT2D eigenvalue weighted by molar-refractivity contribution is 0.788. The summed E-state index contributed by atoms with van der Waals surface area (Å²) < 4.78 is 0. The topological polar surface area (TPSA) is 0 Å². The molecule has 0 aromatic heterocycles. The van der Waals surface area contributed by atoms with Crippen molar-refractivity contribution in [3.8, 4) is 0 Å². The standard InChI is InChI=1S/C18H31ClSi/c1-13(2)20(14(3)4,15(5)6)11-10-17-9-8-16(7)12-18(17)19/h8-9,12-15H,10-11H2,1-7H3. The zero-order valence-electron chi connectivity index (χ0n) is 14.3. The summed E-state index contributed by atoms with van der Waals surface area (Å²) in [4.78, 5) is 0. The van der Waals surface area contributed by atoms with E-state index in [0.29, 0.717) is 0 Å². The first-order valence-electron chi connectivity index (χ1n) is 7.96. The Hall–Kier alpha value is -0.273. The van der Waals surface area contributed by atoms with E-state index in [4.69, 9.17) is 11.6 Å². The minimum absolute atomic E-state index is 0.826. The van der Waals surface area contributed by atoms with Gasteiger partial charge in [-0.1, -0.05) is 87.9 Å². The van der Waals surface area contributed by atoms with Gasteiger partial charge in [-0.05, 0) is 30.5 Å². The maximum Gasteiger partial charge on any atom is 0.0616 e. The minimum Gasteiger partial charge on any atom is -0.0840 e. The Kier molecular flexibility index (Phi) is 6.34. The predicted octanol–water partition coefficient (Wildman–Crippen LogP) is 6.87. The van der Waals surface area contributed by atoms with E-state index < -0.39 is 8.07 Å². The molecule has 0 spiro atoms. The molecule has 1 aromatic carbocycles. The first-order valence-corrected chi connectivity index (χ1v) is 10.8. The molecule has 1 rings (SSSR count). The Bertz CT molecular complexity index is 413. The van der Waals surface area contributed by atoms with Gasteiger partial charge in [0.25, 0.3) is 0 Å². The fourth-order valence-corrected chi connectivity index (χ4v) is 10.8. The summed E-state index contributed by atoms with van der Waals surface area (Å²) in [5.41, 5.74) is 5.06. The Morgan fingerprint density at radius 1 is 0.950 bits per heavy atom. The molecule has 0 nitrogen and oxygen atoms in total. The van der Waals surface area contributed by atoms with E-state index in [1.165, 1.54) is 17.2 Å². The third kappa shape index (κ3) is 3.68. The molecule has 0 saturated heterocycles. The van der Waals surface area contributed by atoms with Crippen molar-refractivity contribution < 1.29 is 0 Å². The van der Waals surface area contributed by atoms with Crippen molar-refractivity contribution in [1.82, 2.24) is 0 Å². The molecule has 0 aliphatic rings. The maximum atomic E-state index is 6.41. The summed E-state index contributed by atoms with van der Waals surface area (Å²) in [6, 6.07) is 7.85. The van der Waals surface area contributed by atoms with Crippen molar-refractivity contribution in [3.63, 3.8) is 0 Å². The zero-order valence-corrected chi connectivity index (χ0v) is 16.0. The highest BCUT2D eigenvalue weighted by Gasteiger charge is 2.41. The third-order valence-corrected chi connectivity index (χ3v) is 13.2. The van der Waals surface area contributed by atoms with Crippen LogP contribution in [0.2, 0.25) is 27.7 Å². The van der Waals surface area contributed by atoms with Crippen molar-refractivity contribution in [2.45, 2.75) is 77.6 Å². The van der Waals surface area contributed by atoms with Crippen LogP contribution in [0.4, 0.5) is 0 Å². The van der Waals surface area contributed by atoms with Crippen LogP contribution in [0.5, 0.6) is 0 Å².